The second kappa shape index (κ2) is 4.17. The average molecular weight is 204 g/mol. The Balaban J connectivity index is 2.52. The van der Waals surface area contributed by atoms with E-state index in [1.165, 1.54) is 11.3 Å². The number of hydrogen-bond donors (Lipinski definition) is 3. The van der Waals surface area contributed by atoms with Crippen LogP contribution in [0.2, 0.25) is 0 Å². The van der Waals surface area contributed by atoms with Crippen LogP contribution in [0.1, 0.15) is 6.92 Å². The van der Waals surface area contributed by atoms with Gasteiger partial charge in [0.1, 0.15) is 0 Å². The molecule has 2 amide bonds. The van der Waals surface area contributed by atoms with E-state index in [0.717, 1.165) is 0 Å². The quantitative estimate of drug-likeness (QED) is 0.637. The van der Waals surface area contributed by atoms with Gasteiger partial charge in [-0.1, -0.05) is 11.3 Å². The summed E-state index contributed by atoms with van der Waals surface area (Å²) in [5, 5.41) is 11.9. The smallest absolute Gasteiger partial charge is 0.321 e. The lowest BCUT2D eigenvalue weighted by Gasteiger charge is -1.99. The summed E-state index contributed by atoms with van der Waals surface area (Å²) in [6, 6.07) is -0.268. The van der Waals surface area contributed by atoms with Crippen molar-refractivity contribution >= 4 is 34.7 Å². The molecule has 0 bridgehead atoms. The number of urea groups is 1. The van der Waals surface area contributed by atoms with E-state index in [0.29, 0.717) is 15.6 Å². The van der Waals surface area contributed by atoms with E-state index in [1.54, 1.807) is 0 Å². The molecule has 0 spiro atoms. The standard InChI is InChI=1S/C5H8N4OS2/c1-2-6-3(10)7-4-8-9-5(11)12-4/h2H2,1H3,(H,9,11)(H2,6,7,8,10). The fourth-order valence-electron chi connectivity index (χ4n) is 0.585. The third-order valence-electron chi connectivity index (χ3n) is 0.996. The number of nitrogens with one attached hydrogen (secondary N) is 3. The molecule has 66 valence electrons. The summed E-state index contributed by atoms with van der Waals surface area (Å²) in [5.74, 6) is 0. The number of carbonyl (C=O) groups excluding carboxylic acids is 1. The first-order valence-corrected chi connectivity index (χ1v) is 4.55. The molecule has 5 nitrogen and oxygen atoms in total. The molecule has 0 aliphatic rings. The Kier molecular flexibility index (Phi) is 3.18. The predicted octanol–water partition coefficient (Wildman–Crippen LogP) is 1.34. The summed E-state index contributed by atoms with van der Waals surface area (Å²) in [7, 11) is 0. The summed E-state index contributed by atoms with van der Waals surface area (Å²) in [6.07, 6.45) is 0. The van der Waals surface area contributed by atoms with Crippen molar-refractivity contribution < 1.29 is 4.79 Å². The van der Waals surface area contributed by atoms with Gasteiger partial charge in [-0.15, -0.1) is 5.10 Å². The number of hydrogen-bond acceptors (Lipinski definition) is 4. The van der Waals surface area contributed by atoms with Crippen LogP contribution in [0, 0.1) is 3.95 Å². The van der Waals surface area contributed by atoms with Crippen molar-refractivity contribution in [3.63, 3.8) is 0 Å². The molecule has 0 atom stereocenters. The lowest BCUT2D eigenvalue weighted by atomic mass is 10.7. The highest BCUT2D eigenvalue weighted by Crippen LogP contribution is 2.09. The normalized spacial score (nSPS) is 9.42. The van der Waals surface area contributed by atoms with Gasteiger partial charge in [-0.3, -0.25) is 10.4 Å². The van der Waals surface area contributed by atoms with Crippen molar-refractivity contribution in [1.29, 1.82) is 0 Å². The number of aromatic amines is 1. The molecular formula is C5H8N4OS2. The molecular weight excluding hydrogens is 196 g/mol. The van der Waals surface area contributed by atoms with E-state index in [2.05, 4.69) is 20.8 Å². The van der Waals surface area contributed by atoms with Gasteiger partial charge in [-0.25, -0.2) is 4.79 Å². The van der Waals surface area contributed by atoms with Crippen molar-refractivity contribution in [1.82, 2.24) is 15.5 Å². The molecule has 0 saturated carbocycles. The predicted molar refractivity (Wildman–Crippen MR) is 50.0 cm³/mol. The first-order chi connectivity index (χ1) is 5.72. The molecule has 1 rings (SSSR count). The molecule has 0 aliphatic heterocycles. The number of rotatable bonds is 2. The maximum atomic E-state index is 10.9. The molecule has 1 aromatic rings. The van der Waals surface area contributed by atoms with E-state index in [-0.39, 0.29) is 6.03 Å². The van der Waals surface area contributed by atoms with Crippen LogP contribution in [-0.2, 0) is 0 Å². The Bertz CT molecular complexity index is 317. The topological polar surface area (TPSA) is 69.8 Å². The monoisotopic (exact) mass is 204 g/mol. The highest BCUT2D eigenvalue weighted by atomic mass is 32.1. The van der Waals surface area contributed by atoms with Gasteiger partial charge in [-0.2, -0.15) is 0 Å². The van der Waals surface area contributed by atoms with Crippen LogP contribution in [0.3, 0.4) is 0 Å². The van der Waals surface area contributed by atoms with Crippen molar-refractivity contribution in [3.05, 3.63) is 3.95 Å². The molecule has 0 aliphatic carbocycles. The Morgan fingerprint density at radius 2 is 2.58 bits per heavy atom. The molecule has 7 heteroatoms. The first-order valence-electron chi connectivity index (χ1n) is 3.32. The van der Waals surface area contributed by atoms with Gasteiger partial charge < -0.3 is 5.32 Å². The fourth-order valence-corrected chi connectivity index (χ4v) is 1.37. The number of anilines is 1. The highest BCUT2D eigenvalue weighted by molar-refractivity contribution is 7.73. The zero-order valence-electron chi connectivity index (χ0n) is 6.38. The summed E-state index contributed by atoms with van der Waals surface area (Å²) in [6.45, 7) is 2.42. The number of carbonyl (C=O) groups is 1. The first kappa shape index (κ1) is 9.14. The van der Waals surface area contributed by atoms with Gasteiger partial charge >= 0.3 is 6.03 Å². The summed E-state index contributed by atoms with van der Waals surface area (Å²) < 4.78 is 0.543. The van der Waals surface area contributed by atoms with Crippen molar-refractivity contribution in [2.75, 3.05) is 11.9 Å². The number of nitrogens with zero attached hydrogens (tertiary/aromatic N) is 1. The van der Waals surface area contributed by atoms with Crippen LogP contribution >= 0.6 is 23.6 Å². The van der Waals surface area contributed by atoms with Crippen molar-refractivity contribution in [2.45, 2.75) is 6.92 Å². The number of amides is 2. The average Bonchev–Trinajstić information content (AvgIpc) is 2.36. The van der Waals surface area contributed by atoms with Crippen LogP contribution in [-0.4, -0.2) is 22.8 Å². The lowest BCUT2D eigenvalue weighted by Crippen LogP contribution is -2.28. The molecule has 0 saturated heterocycles. The van der Waals surface area contributed by atoms with Crippen molar-refractivity contribution in [2.24, 2.45) is 0 Å². The van der Waals surface area contributed by atoms with Crippen molar-refractivity contribution in [3.8, 4) is 0 Å². The fraction of sp³-hybridized carbons (Fsp3) is 0.400. The molecule has 0 fully saturated rings. The van der Waals surface area contributed by atoms with Gasteiger partial charge in [0.2, 0.25) is 5.13 Å². The number of H-pyrrole nitrogens is 1. The van der Waals surface area contributed by atoms with E-state index in [1.807, 2.05) is 6.92 Å². The maximum Gasteiger partial charge on any atom is 0.321 e. The maximum absolute atomic E-state index is 10.9. The Hall–Kier alpha value is -0.950. The van der Waals surface area contributed by atoms with Crippen LogP contribution in [0.15, 0.2) is 0 Å². The van der Waals surface area contributed by atoms with E-state index in [9.17, 15) is 4.79 Å². The zero-order chi connectivity index (χ0) is 8.97. The summed E-state index contributed by atoms with van der Waals surface area (Å²) >= 11 is 6.00. The molecule has 12 heavy (non-hydrogen) atoms. The minimum absolute atomic E-state index is 0.268. The molecule has 1 heterocycles. The van der Waals surface area contributed by atoms with E-state index < -0.39 is 0 Å². The molecule has 0 aromatic carbocycles. The lowest BCUT2D eigenvalue weighted by molar-refractivity contribution is 0.252. The summed E-state index contributed by atoms with van der Waals surface area (Å²) in [5.41, 5.74) is 0. The molecule has 3 N–H and O–H groups in total. The van der Waals surface area contributed by atoms with Gasteiger partial charge in [0.05, 0.1) is 0 Å². The van der Waals surface area contributed by atoms with E-state index >= 15 is 0 Å². The van der Waals surface area contributed by atoms with Crippen LogP contribution in [0.5, 0.6) is 0 Å². The number of aromatic nitrogens is 2. The second-order valence-electron chi connectivity index (χ2n) is 1.90. The van der Waals surface area contributed by atoms with Gasteiger partial charge in [-0.05, 0) is 19.1 Å². The Morgan fingerprint density at radius 3 is 3.08 bits per heavy atom. The van der Waals surface area contributed by atoms with Crippen LogP contribution < -0.4 is 10.6 Å². The van der Waals surface area contributed by atoms with Crippen LogP contribution in [0.25, 0.3) is 0 Å². The van der Waals surface area contributed by atoms with Crippen LogP contribution in [0.4, 0.5) is 9.93 Å². The largest absolute Gasteiger partial charge is 0.338 e. The highest BCUT2D eigenvalue weighted by Gasteiger charge is 2.01. The molecule has 0 radical (unpaired) electrons. The Labute approximate surface area is 78.2 Å². The third-order valence-corrected chi connectivity index (χ3v) is 2.00. The Morgan fingerprint density at radius 1 is 1.83 bits per heavy atom. The third kappa shape index (κ3) is 2.59. The minimum Gasteiger partial charge on any atom is -0.338 e. The molecule has 0 unspecified atom stereocenters. The van der Waals surface area contributed by atoms with E-state index in [4.69, 9.17) is 12.2 Å². The van der Waals surface area contributed by atoms with Gasteiger partial charge in [0.15, 0.2) is 3.95 Å². The minimum atomic E-state index is -0.268. The SMILES string of the molecule is CCNC(=O)Nc1n[nH]c(=S)s1. The summed E-state index contributed by atoms with van der Waals surface area (Å²) in [4.78, 5) is 10.9. The van der Waals surface area contributed by atoms with Gasteiger partial charge in [0, 0.05) is 6.54 Å². The van der Waals surface area contributed by atoms with Gasteiger partial charge in [0.25, 0.3) is 0 Å². The zero-order valence-corrected chi connectivity index (χ0v) is 8.01. The second-order valence-corrected chi connectivity index (χ2v) is 3.57. The molecule has 1 aromatic heterocycles.